The van der Waals surface area contributed by atoms with Crippen LogP contribution in [0.1, 0.15) is 50.4 Å². The highest BCUT2D eigenvalue weighted by atomic mass is 35.5. The number of carbonyl (C=O) groups excluding carboxylic acids is 1. The number of nitrogens with one attached hydrogen (secondary N) is 1. The first-order valence-corrected chi connectivity index (χ1v) is 10.2. The number of anilines is 1. The Hall–Kier alpha value is -2.67. The van der Waals surface area contributed by atoms with Crippen molar-refractivity contribution in [3.8, 4) is 0 Å². The van der Waals surface area contributed by atoms with Gasteiger partial charge in [-0.15, -0.1) is 0 Å². The van der Waals surface area contributed by atoms with Gasteiger partial charge in [0, 0.05) is 16.5 Å². The maximum Gasteiger partial charge on any atom is 0.277 e. The Kier molecular flexibility index (Phi) is 6.37. The molecule has 8 heteroatoms. The molecule has 1 amide bonds. The van der Waals surface area contributed by atoms with Crippen LogP contribution in [0.4, 0.5) is 5.95 Å². The summed E-state index contributed by atoms with van der Waals surface area (Å²) in [5.41, 5.74) is 2.10. The van der Waals surface area contributed by atoms with Crippen molar-refractivity contribution in [2.24, 2.45) is 5.92 Å². The minimum absolute atomic E-state index is 0.102. The van der Waals surface area contributed by atoms with E-state index in [0.29, 0.717) is 35.2 Å². The monoisotopic (exact) mass is 415 g/mol. The quantitative estimate of drug-likeness (QED) is 0.634. The smallest absolute Gasteiger partial charge is 0.276 e. The molecule has 0 spiro atoms. The maximum atomic E-state index is 12.9. The van der Waals surface area contributed by atoms with Crippen LogP contribution in [0.25, 0.3) is 5.78 Å². The van der Waals surface area contributed by atoms with E-state index in [9.17, 15) is 9.59 Å². The van der Waals surface area contributed by atoms with Crippen molar-refractivity contribution >= 4 is 29.2 Å². The molecule has 3 aromatic rings. The van der Waals surface area contributed by atoms with Gasteiger partial charge in [0.1, 0.15) is 0 Å². The number of rotatable bonds is 7. The fourth-order valence-electron chi connectivity index (χ4n) is 3.15. The van der Waals surface area contributed by atoms with Crippen LogP contribution >= 0.6 is 11.6 Å². The Morgan fingerprint density at radius 1 is 1.24 bits per heavy atom. The number of benzene rings is 1. The van der Waals surface area contributed by atoms with Crippen molar-refractivity contribution < 1.29 is 4.79 Å². The van der Waals surface area contributed by atoms with E-state index >= 15 is 0 Å². The van der Waals surface area contributed by atoms with E-state index in [1.165, 1.54) is 4.52 Å². The second kappa shape index (κ2) is 8.78. The summed E-state index contributed by atoms with van der Waals surface area (Å²) in [5.74, 6) is 0.229. The average Bonchev–Trinajstić information content (AvgIpc) is 3.10. The Bertz CT molecular complexity index is 1070. The molecule has 0 radical (unpaired) electrons. The fraction of sp³-hybridized carbons (Fsp3) is 0.429. The first-order valence-electron chi connectivity index (χ1n) is 9.85. The summed E-state index contributed by atoms with van der Waals surface area (Å²) in [6.07, 6.45) is 2.58. The van der Waals surface area contributed by atoms with Crippen LogP contribution in [0.3, 0.4) is 0 Å². The minimum atomic E-state index is -0.234. The van der Waals surface area contributed by atoms with E-state index in [0.717, 1.165) is 18.4 Å². The van der Waals surface area contributed by atoms with Crippen molar-refractivity contribution in [2.45, 2.75) is 53.5 Å². The van der Waals surface area contributed by atoms with Crippen molar-refractivity contribution in [2.75, 3.05) is 4.90 Å². The van der Waals surface area contributed by atoms with Crippen LogP contribution in [-0.2, 0) is 17.8 Å². The maximum absolute atomic E-state index is 12.9. The molecule has 0 aliphatic carbocycles. The van der Waals surface area contributed by atoms with Crippen molar-refractivity contribution in [3.63, 3.8) is 0 Å². The highest BCUT2D eigenvalue weighted by Crippen LogP contribution is 2.18. The van der Waals surface area contributed by atoms with E-state index in [1.807, 2.05) is 32.9 Å². The predicted octanol–water partition coefficient (Wildman–Crippen LogP) is 3.91. The largest absolute Gasteiger partial charge is 0.277 e. The molecule has 1 N–H and O–H groups in total. The molecule has 154 valence electrons. The van der Waals surface area contributed by atoms with Gasteiger partial charge in [0.05, 0.1) is 12.2 Å². The Balaban J connectivity index is 2.05. The van der Waals surface area contributed by atoms with Gasteiger partial charge < -0.3 is 0 Å². The van der Waals surface area contributed by atoms with Crippen LogP contribution < -0.4 is 10.5 Å². The lowest BCUT2D eigenvalue weighted by atomic mass is 10.1. The van der Waals surface area contributed by atoms with Gasteiger partial charge in [-0.2, -0.15) is 9.50 Å². The third-order valence-corrected chi connectivity index (χ3v) is 5.09. The summed E-state index contributed by atoms with van der Waals surface area (Å²) >= 11 is 5.97. The molecule has 29 heavy (non-hydrogen) atoms. The number of H-pyrrole nitrogens is 1. The predicted molar refractivity (Wildman–Crippen MR) is 114 cm³/mol. The molecule has 0 atom stereocenters. The van der Waals surface area contributed by atoms with Crippen LogP contribution in [0.5, 0.6) is 0 Å². The number of aromatic amines is 1. The minimum Gasteiger partial charge on any atom is -0.276 e. The normalized spacial score (nSPS) is 11.4. The number of aryl methyl sites for hydroxylation is 1. The van der Waals surface area contributed by atoms with Gasteiger partial charge >= 0.3 is 0 Å². The molecule has 0 saturated heterocycles. The zero-order valence-electron chi connectivity index (χ0n) is 17.2. The lowest BCUT2D eigenvalue weighted by Crippen LogP contribution is -2.34. The van der Waals surface area contributed by atoms with Crippen LogP contribution in [0.15, 0.2) is 29.1 Å². The van der Waals surface area contributed by atoms with Crippen molar-refractivity contribution in [1.82, 2.24) is 19.6 Å². The number of hydrogen-bond acceptors (Lipinski definition) is 4. The number of unbranched alkanes of at least 4 members (excludes halogenated alkanes) is 1. The summed E-state index contributed by atoms with van der Waals surface area (Å²) in [7, 11) is 0. The van der Waals surface area contributed by atoms with Crippen LogP contribution in [-0.4, -0.2) is 25.5 Å². The summed E-state index contributed by atoms with van der Waals surface area (Å²) in [5, 5.41) is 3.61. The summed E-state index contributed by atoms with van der Waals surface area (Å²) < 4.78 is 1.33. The number of halogens is 1. The Morgan fingerprint density at radius 3 is 2.55 bits per heavy atom. The van der Waals surface area contributed by atoms with Crippen LogP contribution in [0.2, 0.25) is 5.02 Å². The molecule has 0 saturated carbocycles. The number of amides is 1. The van der Waals surface area contributed by atoms with Crippen molar-refractivity contribution in [3.05, 3.63) is 56.5 Å². The van der Waals surface area contributed by atoms with E-state index in [4.69, 9.17) is 11.6 Å². The van der Waals surface area contributed by atoms with E-state index in [-0.39, 0.29) is 23.2 Å². The van der Waals surface area contributed by atoms with Gasteiger partial charge in [-0.05, 0) is 37.5 Å². The van der Waals surface area contributed by atoms with Gasteiger partial charge in [-0.3, -0.25) is 19.6 Å². The first kappa shape index (κ1) is 21.0. The fourth-order valence-corrected chi connectivity index (χ4v) is 3.27. The number of hydrogen-bond donors (Lipinski definition) is 1. The second-order valence-corrected chi connectivity index (χ2v) is 7.91. The second-order valence-electron chi connectivity index (χ2n) is 7.47. The van der Waals surface area contributed by atoms with Gasteiger partial charge in [0.15, 0.2) is 0 Å². The summed E-state index contributed by atoms with van der Waals surface area (Å²) in [6, 6.07) is 7.29. The number of aromatic nitrogens is 4. The molecular formula is C21H26ClN5O2. The summed E-state index contributed by atoms with van der Waals surface area (Å²) in [6.45, 7) is 7.88. The molecule has 2 aromatic heterocycles. The lowest BCUT2D eigenvalue weighted by Gasteiger charge is -2.21. The Morgan fingerprint density at radius 2 is 1.93 bits per heavy atom. The van der Waals surface area contributed by atoms with Gasteiger partial charge in [-0.25, -0.2) is 4.98 Å². The molecular weight excluding hydrogens is 390 g/mol. The Labute approximate surface area is 174 Å². The zero-order chi connectivity index (χ0) is 21.1. The van der Waals surface area contributed by atoms with Gasteiger partial charge in [0.2, 0.25) is 11.9 Å². The highest BCUT2D eigenvalue weighted by Gasteiger charge is 2.24. The molecule has 1 aromatic carbocycles. The molecule has 7 nitrogen and oxygen atoms in total. The van der Waals surface area contributed by atoms with E-state index < -0.39 is 0 Å². The molecule has 0 aliphatic heterocycles. The SMILES string of the molecule is CCCCc1c(C)nc2nc(N(Cc3ccc(Cl)cc3)C(=O)C(C)C)[nH]n2c1=O. The molecule has 2 heterocycles. The molecule has 0 aliphatic rings. The third kappa shape index (κ3) is 4.50. The van der Waals surface area contributed by atoms with Gasteiger partial charge in [-0.1, -0.05) is 50.9 Å². The molecule has 3 rings (SSSR count). The topological polar surface area (TPSA) is 83.4 Å². The van der Waals surface area contributed by atoms with Crippen LogP contribution in [0, 0.1) is 12.8 Å². The number of nitrogens with zero attached hydrogens (tertiary/aromatic N) is 4. The number of fused-ring (bicyclic) bond motifs is 1. The molecule has 0 bridgehead atoms. The lowest BCUT2D eigenvalue weighted by molar-refractivity contribution is -0.121. The number of carbonyl (C=O) groups is 1. The highest BCUT2D eigenvalue weighted by molar-refractivity contribution is 6.30. The first-order chi connectivity index (χ1) is 13.8. The standard InChI is InChI=1S/C21H26ClN5O2/c1-5-6-7-17-14(4)23-20-24-21(25-27(20)19(17)29)26(18(28)13(2)3)12-15-8-10-16(22)11-9-15/h8-11,13H,5-7,12H2,1-4H3,(H,23,24,25). The van der Waals surface area contributed by atoms with E-state index in [2.05, 4.69) is 22.0 Å². The van der Waals surface area contributed by atoms with E-state index in [1.54, 1.807) is 17.0 Å². The average molecular weight is 416 g/mol. The van der Waals surface area contributed by atoms with Crippen molar-refractivity contribution in [1.29, 1.82) is 0 Å². The molecule has 0 unspecified atom stereocenters. The van der Waals surface area contributed by atoms with Gasteiger partial charge in [0.25, 0.3) is 11.3 Å². The third-order valence-electron chi connectivity index (χ3n) is 4.83. The zero-order valence-corrected chi connectivity index (χ0v) is 18.0. The molecule has 0 fully saturated rings. The summed E-state index contributed by atoms with van der Waals surface area (Å²) in [4.78, 5) is 36.3.